The lowest BCUT2D eigenvalue weighted by molar-refractivity contribution is 0.174. The van der Waals surface area contributed by atoms with Crippen LogP contribution in [0.4, 0.5) is 16.2 Å². The highest BCUT2D eigenvalue weighted by Gasteiger charge is 2.35. The van der Waals surface area contributed by atoms with E-state index in [0.717, 1.165) is 26.8 Å². The van der Waals surface area contributed by atoms with Gasteiger partial charge in [-0.1, -0.05) is 35.9 Å². The Morgan fingerprint density at radius 2 is 2.03 bits per heavy atom. The normalized spacial score (nSPS) is 16.0. The van der Waals surface area contributed by atoms with Gasteiger partial charge in [-0.25, -0.2) is 9.78 Å². The van der Waals surface area contributed by atoms with E-state index in [2.05, 4.69) is 15.3 Å². The van der Waals surface area contributed by atoms with Gasteiger partial charge in [0.25, 0.3) is 0 Å². The van der Waals surface area contributed by atoms with E-state index in [0.29, 0.717) is 21.4 Å². The molecule has 1 aliphatic heterocycles. The van der Waals surface area contributed by atoms with Gasteiger partial charge in [-0.15, -0.1) is 11.3 Å². The van der Waals surface area contributed by atoms with Crippen molar-refractivity contribution in [2.75, 3.05) is 10.2 Å². The number of amides is 2. The fourth-order valence-corrected chi connectivity index (χ4v) is 4.92. The number of carbonyl (C=O) groups excluding carboxylic acids is 1. The zero-order valence-electron chi connectivity index (χ0n) is 15.3. The second-order valence-corrected chi connectivity index (χ2v) is 8.24. The number of urea groups is 1. The minimum Gasteiger partial charge on any atom is -0.368 e. The predicted octanol–water partition coefficient (Wildman–Crippen LogP) is 5.36. The van der Waals surface area contributed by atoms with Crippen molar-refractivity contribution in [1.29, 1.82) is 0 Å². The van der Waals surface area contributed by atoms with Crippen LogP contribution in [0.2, 0.25) is 5.15 Å². The number of carbonyl (C=O) groups is 1. The Hall–Kier alpha value is -3.00. The van der Waals surface area contributed by atoms with Gasteiger partial charge in [0.05, 0.1) is 22.4 Å². The van der Waals surface area contributed by atoms with E-state index in [1.165, 1.54) is 16.2 Å². The molecule has 0 fully saturated rings. The number of aliphatic hydroxyl groups is 1. The number of anilines is 2. The molecule has 2 N–H and O–H groups in total. The summed E-state index contributed by atoms with van der Waals surface area (Å²) in [5.74, 6) is 0. The SMILES string of the molecule is Cc1cc(Cl)ncc1-c1cc2c(s1)C(O)N(c1cncc3ccccc13)C(=O)N2. The lowest BCUT2D eigenvalue weighted by atomic mass is 10.1. The highest BCUT2D eigenvalue weighted by atomic mass is 35.5. The Morgan fingerprint density at radius 3 is 2.86 bits per heavy atom. The average Bonchev–Trinajstić information content (AvgIpc) is 3.12. The van der Waals surface area contributed by atoms with Crippen LogP contribution in [0, 0.1) is 6.92 Å². The maximum atomic E-state index is 12.9. The van der Waals surface area contributed by atoms with Gasteiger partial charge < -0.3 is 10.4 Å². The molecule has 144 valence electrons. The standard InChI is InChI=1S/C21H15ClN4O2S/c1-11-6-18(22)24-9-14(11)17-7-15-19(29-17)20(27)26(21(28)25-15)16-10-23-8-12-4-2-3-5-13(12)16/h2-10,20,27H,1H3,(H,25,28). The van der Waals surface area contributed by atoms with Crippen LogP contribution in [-0.4, -0.2) is 21.1 Å². The number of nitrogens with one attached hydrogen (secondary N) is 1. The van der Waals surface area contributed by atoms with Gasteiger partial charge in [-0.3, -0.25) is 9.88 Å². The number of hydrogen-bond acceptors (Lipinski definition) is 5. The van der Waals surface area contributed by atoms with Crippen LogP contribution in [0.5, 0.6) is 0 Å². The average molecular weight is 423 g/mol. The number of thiophene rings is 1. The van der Waals surface area contributed by atoms with Gasteiger partial charge in [-0.05, 0) is 24.6 Å². The van der Waals surface area contributed by atoms with Crippen molar-refractivity contribution in [2.24, 2.45) is 0 Å². The fraction of sp³-hybridized carbons (Fsp3) is 0.0952. The summed E-state index contributed by atoms with van der Waals surface area (Å²) in [5, 5.41) is 16.1. The van der Waals surface area contributed by atoms with Crippen molar-refractivity contribution in [3.05, 3.63) is 70.6 Å². The molecule has 5 rings (SSSR count). The molecule has 1 aromatic carbocycles. The molecule has 8 heteroatoms. The third-order valence-corrected chi connectivity index (χ3v) is 6.36. The lowest BCUT2D eigenvalue weighted by Crippen LogP contribution is -2.41. The van der Waals surface area contributed by atoms with Crippen LogP contribution in [0.25, 0.3) is 21.2 Å². The van der Waals surface area contributed by atoms with E-state index in [1.54, 1.807) is 24.7 Å². The molecular formula is C21H15ClN4O2S. The minimum absolute atomic E-state index is 0.404. The summed E-state index contributed by atoms with van der Waals surface area (Å²) < 4.78 is 0. The maximum Gasteiger partial charge on any atom is 0.328 e. The summed E-state index contributed by atoms with van der Waals surface area (Å²) in [7, 11) is 0. The molecule has 4 heterocycles. The van der Waals surface area contributed by atoms with Crippen LogP contribution < -0.4 is 10.2 Å². The molecule has 0 saturated heterocycles. The van der Waals surface area contributed by atoms with Gasteiger partial charge in [0.15, 0.2) is 6.23 Å². The van der Waals surface area contributed by atoms with Crippen LogP contribution >= 0.6 is 22.9 Å². The summed E-state index contributed by atoms with van der Waals surface area (Å²) in [5.41, 5.74) is 3.03. The van der Waals surface area contributed by atoms with E-state index in [4.69, 9.17) is 11.6 Å². The topological polar surface area (TPSA) is 78.4 Å². The first kappa shape index (κ1) is 18.1. The monoisotopic (exact) mass is 422 g/mol. The predicted molar refractivity (Wildman–Crippen MR) is 115 cm³/mol. The molecule has 3 aromatic heterocycles. The van der Waals surface area contributed by atoms with Crippen molar-refractivity contribution in [1.82, 2.24) is 9.97 Å². The molecule has 1 aliphatic rings. The smallest absolute Gasteiger partial charge is 0.328 e. The lowest BCUT2D eigenvalue weighted by Gasteiger charge is -2.32. The third-order valence-electron chi connectivity index (χ3n) is 4.95. The molecule has 0 bridgehead atoms. The van der Waals surface area contributed by atoms with Gasteiger partial charge in [0.2, 0.25) is 0 Å². The van der Waals surface area contributed by atoms with Crippen molar-refractivity contribution in [3.8, 4) is 10.4 Å². The number of nitrogens with zero attached hydrogens (tertiary/aromatic N) is 3. The van der Waals surface area contributed by atoms with Crippen molar-refractivity contribution < 1.29 is 9.90 Å². The molecule has 4 aromatic rings. The largest absolute Gasteiger partial charge is 0.368 e. The Morgan fingerprint density at radius 1 is 1.21 bits per heavy atom. The zero-order valence-corrected chi connectivity index (χ0v) is 16.8. The van der Waals surface area contributed by atoms with Crippen LogP contribution in [0.1, 0.15) is 16.7 Å². The second-order valence-electron chi connectivity index (χ2n) is 6.76. The molecule has 0 radical (unpaired) electrons. The summed E-state index contributed by atoms with van der Waals surface area (Å²) >= 11 is 7.38. The van der Waals surface area contributed by atoms with E-state index >= 15 is 0 Å². The molecule has 0 spiro atoms. The number of benzene rings is 1. The number of fused-ring (bicyclic) bond motifs is 2. The van der Waals surface area contributed by atoms with E-state index in [1.807, 2.05) is 37.3 Å². The summed E-state index contributed by atoms with van der Waals surface area (Å²) in [6, 6.07) is 10.9. The first-order valence-electron chi connectivity index (χ1n) is 8.90. The van der Waals surface area contributed by atoms with Crippen LogP contribution in [0.3, 0.4) is 0 Å². The number of hydrogen-bond donors (Lipinski definition) is 2. The highest BCUT2D eigenvalue weighted by molar-refractivity contribution is 7.16. The Bertz CT molecular complexity index is 1270. The van der Waals surface area contributed by atoms with E-state index in [-0.39, 0.29) is 0 Å². The first-order chi connectivity index (χ1) is 14.0. The second kappa shape index (κ2) is 6.81. The van der Waals surface area contributed by atoms with E-state index in [9.17, 15) is 9.90 Å². The Balaban J connectivity index is 1.60. The van der Waals surface area contributed by atoms with Gasteiger partial charge in [0, 0.05) is 33.6 Å². The highest BCUT2D eigenvalue weighted by Crippen LogP contribution is 2.45. The Kier molecular flexibility index (Phi) is 4.24. The van der Waals surface area contributed by atoms with Gasteiger partial charge in [-0.2, -0.15) is 0 Å². The third kappa shape index (κ3) is 2.95. The molecule has 0 saturated carbocycles. The number of aryl methyl sites for hydroxylation is 1. The molecule has 6 nitrogen and oxygen atoms in total. The van der Waals surface area contributed by atoms with Crippen LogP contribution in [-0.2, 0) is 0 Å². The van der Waals surface area contributed by atoms with Gasteiger partial charge in [0.1, 0.15) is 5.15 Å². The molecule has 0 aliphatic carbocycles. The Labute approximate surface area is 175 Å². The number of aromatic nitrogens is 2. The quantitative estimate of drug-likeness (QED) is 0.426. The van der Waals surface area contributed by atoms with Crippen molar-refractivity contribution in [3.63, 3.8) is 0 Å². The number of halogens is 1. The van der Waals surface area contributed by atoms with E-state index < -0.39 is 12.3 Å². The van der Waals surface area contributed by atoms with Crippen LogP contribution in [0.15, 0.2) is 55.0 Å². The zero-order chi connectivity index (χ0) is 20.1. The van der Waals surface area contributed by atoms with Gasteiger partial charge >= 0.3 is 6.03 Å². The molecule has 2 amide bonds. The molecule has 1 atom stereocenters. The molecule has 1 unspecified atom stereocenters. The number of pyridine rings is 2. The number of rotatable bonds is 2. The molecule has 29 heavy (non-hydrogen) atoms. The minimum atomic E-state index is -1.12. The summed E-state index contributed by atoms with van der Waals surface area (Å²) in [6.07, 6.45) is 3.91. The fourth-order valence-electron chi connectivity index (χ4n) is 3.54. The first-order valence-corrected chi connectivity index (χ1v) is 10.1. The van der Waals surface area contributed by atoms with Crippen molar-refractivity contribution >= 4 is 51.1 Å². The summed E-state index contributed by atoms with van der Waals surface area (Å²) in [4.78, 5) is 24.2. The van der Waals surface area contributed by atoms with Crippen molar-refractivity contribution in [2.45, 2.75) is 13.2 Å². The molecular weight excluding hydrogens is 408 g/mol. The number of aliphatic hydroxyl groups excluding tert-OH is 1. The maximum absolute atomic E-state index is 12.9. The summed E-state index contributed by atoms with van der Waals surface area (Å²) in [6.45, 7) is 1.95.